The maximum atomic E-state index is 12.7. The summed E-state index contributed by atoms with van der Waals surface area (Å²) < 4.78 is 0.268. The highest BCUT2D eigenvalue weighted by Gasteiger charge is 2.43. The number of carbonyl (C=O) groups excluding carboxylic acids is 1. The summed E-state index contributed by atoms with van der Waals surface area (Å²) in [6.45, 7) is 9.85. The SMILES string of the molecule is CCCCC1NC(C(C)C)N(CC2(C)CCCS2)C1=O. The predicted octanol–water partition coefficient (Wildman–Crippen LogP) is 3.24. The zero-order chi connectivity index (χ0) is 14.8. The van der Waals surface area contributed by atoms with Gasteiger partial charge in [-0.05, 0) is 37.9 Å². The van der Waals surface area contributed by atoms with E-state index in [0.29, 0.717) is 11.8 Å². The van der Waals surface area contributed by atoms with E-state index in [1.165, 1.54) is 18.6 Å². The van der Waals surface area contributed by atoms with Gasteiger partial charge in [0.15, 0.2) is 0 Å². The molecule has 2 heterocycles. The molecule has 0 bridgehead atoms. The molecular weight excluding hydrogens is 268 g/mol. The fourth-order valence-electron chi connectivity index (χ4n) is 3.37. The standard InChI is InChI=1S/C16H30N2OS/c1-5-6-8-13-15(19)18(14(17-13)12(2)3)11-16(4)9-7-10-20-16/h12-14,17H,5-11H2,1-4H3. The van der Waals surface area contributed by atoms with Crippen molar-refractivity contribution >= 4 is 17.7 Å². The van der Waals surface area contributed by atoms with Crippen LogP contribution < -0.4 is 5.32 Å². The van der Waals surface area contributed by atoms with Crippen LogP contribution in [0.4, 0.5) is 0 Å². The first-order valence-electron chi connectivity index (χ1n) is 8.17. The molecule has 0 radical (unpaired) electrons. The van der Waals surface area contributed by atoms with Crippen LogP contribution in [0.2, 0.25) is 0 Å². The number of rotatable bonds is 6. The largest absolute Gasteiger partial charge is 0.324 e. The third-order valence-corrected chi connectivity index (χ3v) is 6.09. The average molecular weight is 298 g/mol. The lowest BCUT2D eigenvalue weighted by molar-refractivity contribution is -0.131. The van der Waals surface area contributed by atoms with Gasteiger partial charge < -0.3 is 4.90 Å². The van der Waals surface area contributed by atoms with E-state index in [1.54, 1.807) is 0 Å². The fraction of sp³-hybridized carbons (Fsp3) is 0.938. The molecule has 0 aromatic heterocycles. The number of thioether (sulfide) groups is 1. The molecule has 2 aliphatic rings. The fourth-order valence-corrected chi connectivity index (χ4v) is 4.67. The average Bonchev–Trinajstić information content (AvgIpc) is 2.94. The lowest BCUT2D eigenvalue weighted by Gasteiger charge is -2.34. The highest BCUT2D eigenvalue weighted by Crippen LogP contribution is 2.39. The van der Waals surface area contributed by atoms with Crippen molar-refractivity contribution in [3.63, 3.8) is 0 Å². The molecule has 20 heavy (non-hydrogen) atoms. The van der Waals surface area contributed by atoms with Gasteiger partial charge in [0, 0.05) is 11.3 Å². The number of hydrogen-bond acceptors (Lipinski definition) is 3. The maximum Gasteiger partial charge on any atom is 0.241 e. The van der Waals surface area contributed by atoms with Crippen LogP contribution >= 0.6 is 11.8 Å². The number of nitrogens with zero attached hydrogens (tertiary/aromatic N) is 1. The summed E-state index contributed by atoms with van der Waals surface area (Å²) in [7, 11) is 0. The van der Waals surface area contributed by atoms with E-state index in [0.717, 1.165) is 25.8 Å². The third-order valence-electron chi connectivity index (χ3n) is 4.57. The van der Waals surface area contributed by atoms with Crippen LogP contribution in [0.1, 0.15) is 59.8 Å². The molecule has 2 saturated heterocycles. The predicted molar refractivity (Wildman–Crippen MR) is 86.9 cm³/mol. The molecule has 2 fully saturated rings. The Labute approximate surface area is 128 Å². The van der Waals surface area contributed by atoms with Crippen LogP contribution in [0.25, 0.3) is 0 Å². The molecule has 0 aromatic rings. The monoisotopic (exact) mass is 298 g/mol. The molecule has 3 nitrogen and oxygen atoms in total. The van der Waals surface area contributed by atoms with Gasteiger partial charge in [0.1, 0.15) is 0 Å². The number of amides is 1. The van der Waals surface area contributed by atoms with Gasteiger partial charge in [0.2, 0.25) is 5.91 Å². The summed E-state index contributed by atoms with van der Waals surface area (Å²) in [6, 6.07) is 0.0531. The molecule has 1 amide bonds. The highest BCUT2D eigenvalue weighted by atomic mass is 32.2. The van der Waals surface area contributed by atoms with Crippen molar-refractivity contribution in [1.29, 1.82) is 0 Å². The maximum absolute atomic E-state index is 12.7. The minimum absolute atomic E-state index is 0.0531. The summed E-state index contributed by atoms with van der Waals surface area (Å²) in [5.74, 6) is 2.06. The Kier molecular flexibility index (Phi) is 5.41. The van der Waals surface area contributed by atoms with Crippen LogP contribution in [0.3, 0.4) is 0 Å². The Hall–Kier alpha value is -0.220. The summed E-state index contributed by atoms with van der Waals surface area (Å²) >= 11 is 2.04. The van der Waals surface area contributed by atoms with Crippen LogP contribution in [0, 0.1) is 5.92 Å². The zero-order valence-corrected chi connectivity index (χ0v) is 14.3. The molecule has 2 rings (SSSR count). The van der Waals surface area contributed by atoms with E-state index in [4.69, 9.17) is 0 Å². The minimum Gasteiger partial charge on any atom is -0.324 e. The third kappa shape index (κ3) is 3.51. The molecule has 0 saturated carbocycles. The van der Waals surface area contributed by atoms with E-state index >= 15 is 0 Å². The van der Waals surface area contributed by atoms with Crippen molar-refractivity contribution in [3.05, 3.63) is 0 Å². The van der Waals surface area contributed by atoms with Gasteiger partial charge in [-0.3, -0.25) is 10.1 Å². The normalized spacial score (nSPS) is 34.5. The molecule has 3 unspecified atom stereocenters. The van der Waals surface area contributed by atoms with Gasteiger partial charge in [-0.25, -0.2) is 0 Å². The van der Waals surface area contributed by atoms with Crippen molar-refractivity contribution in [2.24, 2.45) is 5.92 Å². The highest BCUT2D eigenvalue weighted by molar-refractivity contribution is 8.00. The lowest BCUT2D eigenvalue weighted by Crippen LogP contribution is -2.47. The van der Waals surface area contributed by atoms with Gasteiger partial charge in [0.25, 0.3) is 0 Å². The van der Waals surface area contributed by atoms with Crippen molar-refractivity contribution in [1.82, 2.24) is 10.2 Å². The second-order valence-corrected chi connectivity index (χ2v) is 8.60. The quantitative estimate of drug-likeness (QED) is 0.817. The number of carbonyl (C=O) groups is 1. The zero-order valence-electron chi connectivity index (χ0n) is 13.4. The molecule has 116 valence electrons. The van der Waals surface area contributed by atoms with Crippen LogP contribution in [0.15, 0.2) is 0 Å². The molecule has 0 spiro atoms. The van der Waals surface area contributed by atoms with Crippen molar-refractivity contribution in [2.75, 3.05) is 12.3 Å². The molecule has 0 aliphatic carbocycles. The first-order valence-corrected chi connectivity index (χ1v) is 9.16. The molecular formula is C16H30N2OS. The molecule has 3 atom stereocenters. The Bertz CT molecular complexity index is 339. The topological polar surface area (TPSA) is 32.3 Å². The van der Waals surface area contributed by atoms with Gasteiger partial charge in [-0.2, -0.15) is 11.8 Å². The van der Waals surface area contributed by atoms with Gasteiger partial charge in [0.05, 0.1) is 12.2 Å². The summed E-state index contributed by atoms with van der Waals surface area (Å²) in [5, 5.41) is 3.58. The summed E-state index contributed by atoms with van der Waals surface area (Å²) in [6.07, 6.45) is 6.04. The Morgan fingerprint density at radius 2 is 2.25 bits per heavy atom. The minimum atomic E-state index is 0.0531. The summed E-state index contributed by atoms with van der Waals surface area (Å²) in [5.41, 5.74) is 0. The second-order valence-electron chi connectivity index (χ2n) is 6.92. The summed E-state index contributed by atoms with van der Waals surface area (Å²) in [4.78, 5) is 14.9. The van der Waals surface area contributed by atoms with Gasteiger partial charge in [-0.15, -0.1) is 0 Å². The molecule has 2 aliphatic heterocycles. The second kappa shape index (κ2) is 6.69. The Balaban J connectivity index is 2.05. The van der Waals surface area contributed by atoms with E-state index in [2.05, 4.69) is 37.9 Å². The Morgan fingerprint density at radius 3 is 2.80 bits per heavy atom. The number of nitrogens with one attached hydrogen (secondary N) is 1. The number of unbranched alkanes of at least 4 members (excludes halogenated alkanes) is 1. The van der Waals surface area contributed by atoms with Crippen LogP contribution in [-0.4, -0.2) is 40.1 Å². The number of hydrogen-bond donors (Lipinski definition) is 1. The van der Waals surface area contributed by atoms with Gasteiger partial charge >= 0.3 is 0 Å². The Morgan fingerprint density at radius 1 is 1.50 bits per heavy atom. The van der Waals surface area contributed by atoms with E-state index in [9.17, 15) is 4.79 Å². The first kappa shape index (κ1) is 16.2. The van der Waals surface area contributed by atoms with Crippen molar-refractivity contribution in [2.45, 2.75) is 76.8 Å². The van der Waals surface area contributed by atoms with Crippen molar-refractivity contribution in [3.8, 4) is 0 Å². The smallest absolute Gasteiger partial charge is 0.241 e. The molecule has 1 N–H and O–H groups in total. The molecule has 4 heteroatoms. The lowest BCUT2D eigenvalue weighted by atomic mass is 10.0. The van der Waals surface area contributed by atoms with E-state index in [1.807, 2.05) is 11.8 Å². The van der Waals surface area contributed by atoms with E-state index in [-0.39, 0.29) is 17.0 Å². The van der Waals surface area contributed by atoms with Crippen molar-refractivity contribution < 1.29 is 4.79 Å². The van der Waals surface area contributed by atoms with Crippen LogP contribution in [0.5, 0.6) is 0 Å². The first-order chi connectivity index (χ1) is 9.47. The molecule has 0 aromatic carbocycles. The van der Waals surface area contributed by atoms with E-state index < -0.39 is 0 Å². The van der Waals surface area contributed by atoms with Crippen LogP contribution in [-0.2, 0) is 4.79 Å². The van der Waals surface area contributed by atoms with Gasteiger partial charge in [-0.1, -0.05) is 33.6 Å².